The Morgan fingerprint density at radius 2 is 1.77 bits per heavy atom. The van der Waals surface area contributed by atoms with Crippen molar-refractivity contribution in [3.8, 4) is 0 Å². The molecule has 174 valence electrons. The van der Waals surface area contributed by atoms with E-state index in [4.69, 9.17) is 10.5 Å². The number of likely N-dealkylation sites (tertiary alicyclic amines) is 1. The molecule has 0 bridgehead atoms. The van der Waals surface area contributed by atoms with Gasteiger partial charge in [0, 0.05) is 6.04 Å². The second-order valence-electron chi connectivity index (χ2n) is 8.67. The Morgan fingerprint density at radius 1 is 1.17 bits per heavy atom. The van der Waals surface area contributed by atoms with Gasteiger partial charge in [-0.05, 0) is 51.5 Å². The number of rotatable bonds is 8. The number of aliphatic carboxylic acids is 1. The van der Waals surface area contributed by atoms with Crippen LogP contribution < -0.4 is 11.1 Å². The van der Waals surface area contributed by atoms with Crippen LogP contribution in [0.4, 0.5) is 0 Å². The van der Waals surface area contributed by atoms with E-state index in [0.29, 0.717) is 25.5 Å². The van der Waals surface area contributed by atoms with Gasteiger partial charge in [-0.25, -0.2) is 4.79 Å². The zero-order valence-electron chi connectivity index (χ0n) is 19.2. The van der Waals surface area contributed by atoms with Crippen LogP contribution in [0, 0.1) is 5.92 Å². The van der Waals surface area contributed by atoms with Crippen LogP contribution in [0.1, 0.15) is 79.6 Å². The second-order valence-corrected chi connectivity index (χ2v) is 8.67. The van der Waals surface area contributed by atoms with Gasteiger partial charge >= 0.3 is 11.9 Å². The summed E-state index contributed by atoms with van der Waals surface area (Å²) in [5.74, 6) is -1.24. The van der Waals surface area contributed by atoms with Gasteiger partial charge in [-0.2, -0.15) is 0 Å². The molecule has 30 heavy (non-hydrogen) atoms. The number of fused-ring (bicyclic) bond motifs is 1. The fraction of sp³-hybridized carbons (Fsp3) is 0.864. The third kappa shape index (κ3) is 7.54. The molecule has 2 rings (SSSR count). The lowest BCUT2D eigenvalue weighted by molar-refractivity contribution is -0.152. The lowest BCUT2D eigenvalue weighted by Crippen LogP contribution is -2.55. The summed E-state index contributed by atoms with van der Waals surface area (Å²) in [6.45, 7) is 9.60. The van der Waals surface area contributed by atoms with Gasteiger partial charge in [0.1, 0.15) is 12.1 Å². The Kier molecular flexibility index (Phi) is 11.3. The van der Waals surface area contributed by atoms with Crippen molar-refractivity contribution >= 4 is 17.8 Å². The van der Waals surface area contributed by atoms with E-state index in [9.17, 15) is 19.5 Å². The standard InChI is InChI=1S/C19H32N2O5.C3H9N/c1-4-8-14(19(25)26-5-2)20-12(3)17(22)21-15-10-7-6-9-13(15)11-16(21)18(23)24;1-3(2)4/h12-16,20H,4-11H2,1-3H3,(H,23,24);3H,4H2,1-2H3/t12?,13-,14?,15-,16-;/m0./s1. The number of carboxylic acid groups (broad SMARTS) is 1. The molecule has 0 aromatic carbocycles. The fourth-order valence-corrected chi connectivity index (χ4v) is 4.39. The molecule has 0 aromatic heterocycles. The molecule has 1 saturated carbocycles. The number of carboxylic acids is 1. The van der Waals surface area contributed by atoms with E-state index in [2.05, 4.69) is 5.32 Å². The summed E-state index contributed by atoms with van der Waals surface area (Å²) in [5.41, 5.74) is 5.11. The molecule has 0 spiro atoms. The van der Waals surface area contributed by atoms with Gasteiger partial charge in [0.25, 0.3) is 0 Å². The average molecular weight is 428 g/mol. The van der Waals surface area contributed by atoms with E-state index in [0.717, 1.165) is 32.1 Å². The Hall–Kier alpha value is -1.67. The molecule has 2 aliphatic rings. The summed E-state index contributed by atoms with van der Waals surface area (Å²) < 4.78 is 5.09. The van der Waals surface area contributed by atoms with Crippen LogP contribution in [0.5, 0.6) is 0 Å². The van der Waals surface area contributed by atoms with Crippen molar-refractivity contribution in [2.45, 2.75) is 110 Å². The van der Waals surface area contributed by atoms with Crippen LogP contribution in [-0.4, -0.2) is 64.7 Å². The highest BCUT2D eigenvalue weighted by molar-refractivity contribution is 5.88. The lowest BCUT2D eigenvalue weighted by Gasteiger charge is -2.35. The van der Waals surface area contributed by atoms with Gasteiger partial charge in [0.2, 0.25) is 5.91 Å². The Balaban J connectivity index is 0.00000103. The van der Waals surface area contributed by atoms with Crippen LogP contribution in [0.25, 0.3) is 0 Å². The van der Waals surface area contributed by atoms with E-state index in [1.165, 1.54) is 0 Å². The maximum Gasteiger partial charge on any atom is 0.326 e. The number of amides is 1. The summed E-state index contributed by atoms with van der Waals surface area (Å²) in [7, 11) is 0. The van der Waals surface area contributed by atoms with Crippen molar-refractivity contribution < 1.29 is 24.2 Å². The molecule has 2 fully saturated rings. The minimum atomic E-state index is -0.935. The van der Waals surface area contributed by atoms with Gasteiger partial charge < -0.3 is 20.5 Å². The normalized spacial score (nSPS) is 25.0. The maximum absolute atomic E-state index is 13.1. The molecule has 1 saturated heterocycles. The zero-order chi connectivity index (χ0) is 22.8. The number of esters is 1. The summed E-state index contributed by atoms with van der Waals surface area (Å²) >= 11 is 0. The zero-order valence-corrected chi connectivity index (χ0v) is 19.2. The van der Waals surface area contributed by atoms with Gasteiger partial charge in [-0.15, -0.1) is 0 Å². The maximum atomic E-state index is 13.1. The first-order chi connectivity index (χ1) is 14.1. The molecule has 2 unspecified atom stereocenters. The smallest absolute Gasteiger partial charge is 0.326 e. The van der Waals surface area contributed by atoms with Gasteiger partial charge in [0.05, 0.1) is 12.6 Å². The number of nitrogens with zero attached hydrogens (tertiary/aromatic N) is 1. The van der Waals surface area contributed by atoms with Gasteiger partial charge in [-0.1, -0.05) is 40.0 Å². The van der Waals surface area contributed by atoms with Crippen molar-refractivity contribution in [3.63, 3.8) is 0 Å². The third-order valence-corrected chi connectivity index (χ3v) is 5.60. The first kappa shape index (κ1) is 26.4. The molecule has 1 amide bonds. The molecular weight excluding hydrogens is 386 g/mol. The van der Waals surface area contributed by atoms with Crippen molar-refractivity contribution in [2.24, 2.45) is 11.7 Å². The molecule has 1 heterocycles. The minimum Gasteiger partial charge on any atom is -0.480 e. The first-order valence-corrected chi connectivity index (χ1v) is 11.4. The second kappa shape index (κ2) is 12.9. The molecular formula is C22H41N3O5. The molecule has 1 aliphatic carbocycles. The van der Waals surface area contributed by atoms with Crippen LogP contribution in [0.3, 0.4) is 0 Å². The highest BCUT2D eigenvalue weighted by Crippen LogP contribution is 2.40. The summed E-state index contributed by atoms with van der Waals surface area (Å²) in [5, 5.41) is 12.7. The predicted octanol–water partition coefficient (Wildman–Crippen LogP) is 2.29. The molecule has 4 N–H and O–H groups in total. The summed E-state index contributed by atoms with van der Waals surface area (Å²) in [6, 6.07) is -1.59. The third-order valence-electron chi connectivity index (χ3n) is 5.60. The van der Waals surface area contributed by atoms with E-state index in [1.54, 1.807) is 18.7 Å². The highest BCUT2D eigenvalue weighted by atomic mass is 16.5. The van der Waals surface area contributed by atoms with E-state index < -0.39 is 24.1 Å². The summed E-state index contributed by atoms with van der Waals surface area (Å²) in [6.07, 6.45) is 5.87. The van der Waals surface area contributed by atoms with Crippen molar-refractivity contribution in [3.05, 3.63) is 0 Å². The number of carbonyl (C=O) groups excluding carboxylic acids is 2. The van der Waals surface area contributed by atoms with Gasteiger partial charge in [-0.3, -0.25) is 14.9 Å². The largest absolute Gasteiger partial charge is 0.480 e. The SMILES string of the molecule is CC(C)N.CCCC(NC(C)C(=O)N1[C@H](C(=O)O)C[C@@H]2CCCC[C@@H]21)C(=O)OCC. The van der Waals surface area contributed by atoms with Crippen LogP contribution >= 0.6 is 0 Å². The average Bonchev–Trinajstić information content (AvgIpc) is 3.06. The number of nitrogens with two attached hydrogens (primary N) is 1. The fourth-order valence-electron chi connectivity index (χ4n) is 4.39. The number of hydrogen-bond donors (Lipinski definition) is 3. The Morgan fingerprint density at radius 3 is 2.30 bits per heavy atom. The summed E-state index contributed by atoms with van der Waals surface area (Å²) in [4.78, 5) is 38.5. The molecule has 8 heteroatoms. The van der Waals surface area contributed by atoms with Crippen LogP contribution in [-0.2, 0) is 19.1 Å². The Bertz CT molecular complexity index is 566. The molecule has 1 aliphatic heterocycles. The number of ether oxygens (including phenoxy) is 1. The molecule has 0 radical (unpaired) electrons. The molecule has 5 atom stereocenters. The predicted molar refractivity (Wildman–Crippen MR) is 116 cm³/mol. The van der Waals surface area contributed by atoms with Crippen LogP contribution in [0.15, 0.2) is 0 Å². The number of carbonyl (C=O) groups is 3. The van der Waals surface area contributed by atoms with Gasteiger partial charge in [0.15, 0.2) is 0 Å². The first-order valence-electron chi connectivity index (χ1n) is 11.4. The highest BCUT2D eigenvalue weighted by Gasteiger charge is 2.48. The Labute approximate surface area is 180 Å². The molecule has 8 nitrogen and oxygen atoms in total. The van der Waals surface area contributed by atoms with E-state index in [1.807, 2.05) is 20.8 Å². The number of nitrogens with one attached hydrogen (secondary N) is 1. The monoisotopic (exact) mass is 427 g/mol. The van der Waals surface area contributed by atoms with Crippen molar-refractivity contribution in [2.75, 3.05) is 6.61 Å². The molecule has 0 aromatic rings. The van der Waals surface area contributed by atoms with Crippen molar-refractivity contribution in [1.29, 1.82) is 0 Å². The topological polar surface area (TPSA) is 122 Å². The van der Waals surface area contributed by atoms with Crippen LogP contribution in [0.2, 0.25) is 0 Å². The quantitative estimate of drug-likeness (QED) is 0.508. The number of hydrogen-bond acceptors (Lipinski definition) is 6. The lowest BCUT2D eigenvalue weighted by atomic mass is 9.84. The van der Waals surface area contributed by atoms with E-state index in [-0.39, 0.29) is 23.8 Å². The van der Waals surface area contributed by atoms with E-state index >= 15 is 0 Å². The minimum absolute atomic E-state index is 0.00817. The van der Waals surface area contributed by atoms with Crippen molar-refractivity contribution in [1.82, 2.24) is 10.2 Å².